The van der Waals surface area contributed by atoms with Gasteiger partial charge in [0.15, 0.2) is 9.84 Å². The van der Waals surface area contributed by atoms with Crippen LogP contribution in [-0.4, -0.2) is 24.5 Å². The molecule has 1 heterocycles. The second-order valence-electron chi connectivity index (χ2n) is 4.58. The fourth-order valence-corrected chi connectivity index (χ4v) is 3.52. The van der Waals surface area contributed by atoms with E-state index in [1.165, 1.54) is 18.3 Å². The van der Waals surface area contributed by atoms with Crippen molar-refractivity contribution in [2.24, 2.45) is 0 Å². The van der Waals surface area contributed by atoms with Gasteiger partial charge in [-0.1, -0.05) is 17.7 Å². The third-order valence-corrected chi connectivity index (χ3v) is 4.82. The van der Waals surface area contributed by atoms with E-state index in [1.807, 2.05) is 6.92 Å². The zero-order chi connectivity index (χ0) is 15.6. The number of aromatic carboxylic acids is 1. The number of pyridine rings is 1. The second kappa shape index (κ2) is 5.83. The molecule has 110 valence electrons. The topological polar surface area (TPSA) is 84.3 Å². The Labute approximate surface area is 127 Å². The zero-order valence-corrected chi connectivity index (χ0v) is 12.6. The highest BCUT2D eigenvalue weighted by Gasteiger charge is 2.18. The molecule has 2 rings (SSSR count). The SMILES string of the molecule is Cc1cncc(CS(=O)(=O)c2ccc(C(=O)O)c(Cl)c2)c1. The van der Waals surface area contributed by atoms with Gasteiger partial charge in [0.2, 0.25) is 0 Å². The molecule has 1 aromatic carbocycles. The van der Waals surface area contributed by atoms with Crippen LogP contribution in [0.15, 0.2) is 41.6 Å². The normalized spacial score (nSPS) is 11.3. The summed E-state index contributed by atoms with van der Waals surface area (Å²) in [6, 6.07) is 5.32. The molecule has 0 saturated heterocycles. The monoisotopic (exact) mass is 325 g/mol. The van der Waals surface area contributed by atoms with Gasteiger partial charge in [-0.15, -0.1) is 0 Å². The van der Waals surface area contributed by atoms with Crippen molar-refractivity contribution in [3.8, 4) is 0 Å². The van der Waals surface area contributed by atoms with E-state index in [2.05, 4.69) is 4.98 Å². The lowest BCUT2D eigenvalue weighted by Gasteiger charge is -2.07. The van der Waals surface area contributed by atoms with Crippen LogP contribution in [0.1, 0.15) is 21.5 Å². The van der Waals surface area contributed by atoms with E-state index in [-0.39, 0.29) is 21.2 Å². The van der Waals surface area contributed by atoms with Crippen LogP contribution < -0.4 is 0 Å². The van der Waals surface area contributed by atoms with Crippen molar-refractivity contribution in [1.82, 2.24) is 4.98 Å². The summed E-state index contributed by atoms with van der Waals surface area (Å²) in [5.41, 5.74) is 1.29. The molecule has 0 fully saturated rings. The number of benzene rings is 1. The van der Waals surface area contributed by atoms with Crippen LogP contribution >= 0.6 is 11.6 Å². The van der Waals surface area contributed by atoms with Crippen molar-refractivity contribution >= 4 is 27.4 Å². The summed E-state index contributed by atoms with van der Waals surface area (Å²) in [5.74, 6) is -1.42. The summed E-state index contributed by atoms with van der Waals surface area (Å²) >= 11 is 5.80. The highest BCUT2D eigenvalue weighted by atomic mass is 35.5. The summed E-state index contributed by atoms with van der Waals surface area (Å²) in [6.45, 7) is 1.82. The molecule has 0 saturated carbocycles. The minimum Gasteiger partial charge on any atom is -0.478 e. The van der Waals surface area contributed by atoms with Crippen molar-refractivity contribution in [3.63, 3.8) is 0 Å². The van der Waals surface area contributed by atoms with E-state index < -0.39 is 15.8 Å². The molecule has 0 aliphatic heterocycles. The number of hydrogen-bond acceptors (Lipinski definition) is 4. The third kappa shape index (κ3) is 3.59. The van der Waals surface area contributed by atoms with Crippen LogP contribution in [0.2, 0.25) is 5.02 Å². The number of rotatable bonds is 4. The molecular formula is C14H12ClNO4S. The predicted molar refractivity (Wildman–Crippen MR) is 78.3 cm³/mol. The summed E-state index contributed by atoms with van der Waals surface area (Å²) in [4.78, 5) is 14.8. The molecule has 5 nitrogen and oxygen atoms in total. The minimum atomic E-state index is -3.61. The first kappa shape index (κ1) is 15.5. The quantitative estimate of drug-likeness (QED) is 0.934. The van der Waals surface area contributed by atoms with Crippen molar-refractivity contribution in [2.45, 2.75) is 17.6 Å². The van der Waals surface area contributed by atoms with Crippen LogP contribution in [0.3, 0.4) is 0 Å². The number of sulfone groups is 1. The molecule has 21 heavy (non-hydrogen) atoms. The Morgan fingerprint density at radius 1 is 1.29 bits per heavy atom. The van der Waals surface area contributed by atoms with E-state index >= 15 is 0 Å². The van der Waals surface area contributed by atoms with Gasteiger partial charge >= 0.3 is 5.97 Å². The van der Waals surface area contributed by atoms with Gasteiger partial charge in [-0.25, -0.2) is 13.2 Å². The lowest BCUT2D eigenvalue weighted by atomic mass is 10.2. The maximum absolute atomic E-state index is 12.3. The molecule has 1 N–H and O–H groups in total. The second-order valence-corrected chi connectivity index (χ2v) is 6.97. The van der Waals surface area contributed by atoms with Crippen LogP contribution in [0, 0.1) is 6.92 Å². The molecular weight excluding hydrogens is 314 g/mol. The van der Waals surface area contributed by atoms with Gasteiger partial charge in [-0.05, 0) is 36.2 Å². The largest absolute Gasteiger partial charge is 0.478 e. The Kier molecular flexibility index (Phi) is 4.29. The van der Waals surface area contributed by atoms with Gasteiger partial charge in [0, 0.05) is 12.4 Å². The van der Waals surface area contributed by atoms with Crippen molar-refractivity contribution in [3.05, 3.63) is 58.4 Å². The lowest BCUT2D eigenvalue weighted by Crippen LogP contribution is -2.07. The molecule has 0 aliphatic rings. The van der Waals surface area contributed by atoms with E-state index in [1.54, 1.807) is 12.3 Å². The first-order valence-electron chi connectivity index (χ1n) is 5.96. The summed E-state index contributed by atoms with van der Waals surface area (Å²) in [5, 5.41) is 8.78. The van der Waals surface area contributed by atoms with Gasteiger partial charge in [-0.2, -0.15) is 0 Å². The summed E-state index contributed by atoms with van der Waals surface area (Å²) in [6.07, 6.45) is 3.12. The van der Waals surface area contributed by atoms with Crippen molar-refractivity contribution in [2.75, 3.05) is 0 Å². The number of hydrogen-bond donors (Lipinski definition) is 1. The average Bonchev–Trinajstić information content (AvgIpc) is 2.37. The molecule has 0 radical (unpaired) electrons. The molecule has 0 unspecified atom stereocenters. The predicted octanol–water partition coefficient (Wildman–Crippen LogP) is 2.72. The van der Waals surface area contributed by atoms with E-state index in [4.69, 9.17) is 16.7 Å². The highest BCUT2D eigenvalue weighted by molar-refractivity contribution is 7.90. The van der Waals surface area contributed by atoms with Crippen LogP contribution in [-0.2, 0) is 15.6 Å². The molecule has 1 aromatic heterocycles. The van der Waals surface area contributed by atoms with Gasteiger partial charge in [0.25, 0.3) is 0 Å². The fourth-order valence-electron chi connectivity index (χ4n) is 1.86. The van der Waals surface area contributed by atoms with Gasteiger partial charge in [0.1, 0.15) is 0 Å². The summed E-state index contributed by atoms with van der Waals surface area (Å²) < 4.78 is 24.6. The number of halogens is 1. The number of aryl methyl sites for hydroxylation is 1. The molecule has 7 heteroatoms. The molecule has 0 bridgehead atoms. The van der Waals surface area contributed by atoms with E-state index in [0.717, 1.165) is 11.6 Å². The fraction of sp³-hybridized carbons (Fsp3) is 0.143. The summed E-state index contributed by atoms with van der Waals surface area (Å²) in [7, 11) is -3.61. The van der Waals surface area contributed by atoms with E-state index in [0.29, 0.717) is 5.56 Å². The van der Waals surface area contributed by atoms with Crippen molar-refractivity contribution in [1.29, 1.82) is 0 Å². The highest BCUT2D eigenvalue weighted by Crippen LogP contribution is 2.23. The van der Waals surface area contributed by atoms with Gasteiger partial charge in [-0.3, -0.25) is 4.98 Å². The number of nitrogens with zero attached hydrogens (tertiary/aromatic N) is 1. The first-order chi connectivity index (χ1) is 9.79. The smallest absolute Gasteiger partial charge is 0.337 e. The van der Waals surface area contributed by atoms with E-state index in [9.17, 15) is 13.2 Å². The number of aromatic nitrogens is 1. The number of carbonyl (C=O) groups is 1. The standard InChI is InChI=1S/C14H12ClNO4S/c1-9-4-10(7-16-6-9)8-21(19,20)11-2-3-12(14(17)18)13(15)5-11/h2-7H,8H2,1H3,(H,17,18). The van der Waals surface area contributed by atoms with Crippen LogP contribution in [0.5, 0.6) is 0 Å². The zero-order valence-electron chi connectivity index (χ0n) is 11.1. The molecule has 0 aliphatic carbocycles. The average molecular weight is 326 g/mol. The van der Waals surface area contributed by atoms with Gasteiger partial charge in [0.05, 0.1) is 21.2 Å². The van der Waals surface area contributed by atoms with Crippen LogP contribution in [0.25, 0.3) is 0 Å². The van der Waals surface area contributed by atoms with Gasteiger partial charge < -0.3 is 5.11 Å². The minimum absolute atomic E-state index is 0.0148. The Bertz CT molecular complexity index is 802. The maximum Gasteiger partial charge on any atom is 0.337 e. The van der Waals surface area contributed by atoms with Crippen LogP contribution in [0.4, 0.5) is 0 Å². The first-order valence-corrected chi connectivity index (χ1v) is 7.99. The molecule has 0 amide bonds. The maximum atomic E-state index is 12.3. The number of carboxylic acid groups (broad SMARTS) is 1. The lowest BCUT2D eigenvalue weighted by molar-refractivity contribution is 0.0697. The Morgan fingerprint density at radius 2 is 2.00 bits per heavy atom. The number of carboxylic acids is 1. The molecule has 2 aromatic rings. The molecule has 0 spiro atoms. The Hall–Kier alpha value is -1.92. The Balaban J connectivity index is 2.36. The third-order valence-electron chi connectivity index (χ3n) is 2.82. The van der Waals surface area contributed by atoms with Crippen molar-refractivity contribution < 1.29 is 18.3 Å². The Morgan fingerprint density at radius 3 is 2.57 bits per heavy atom. The molecule has 0 atom stereocenters.